The van der Waals surface area contributed by atoms with Crippen molar-refractivity contribution in [3.8, 4) is 0 Å². The largest absolute Gasteiger partial charge is 0.480 e. The van der Waals surface area contributed by atoms with Crippen molar-refractivity contribution < 1.29 is 29.0 Å². The lowest BCUT2D eigenvalue weighted by atomic mass is 9.79. The molecule has 0 bridgehead atoms. The highest BCUT2D eigenvalue weighted by Crippen LogP contribution is 2.34. The molecular formula is C24H36N4O6. The van der Waals surface area contributed by atoms with Gasteiger partial charge in [0.2, 0.25) is 5.91 Å². The first-order valence-electron chi connectivity index (χ1n) is 12.1. The Balaban J connectivity index is 1.29. The number of alkyl carbamates (subject to hydrolysis) is 1. The van der Waals surface area contributed by atoms with Crippen LogP contribution in [-0.2, 0) is 31.9 Å². The Morgan fingerprint density at radius 1 is 1.29 bits per heavy atom. The van der Waals surface area contributed by atoms with Gasteiger partial charge in [0.15, 0.2) is 0 Å². The van der Waals surface area contributed by atoms with Crippen LogP contribution in [0.4, 0.5) is 10.6 Å². The zero-order chi connectivity index (χ0) is 24.5. The Morgan fingerprint density at radius 3 is 2.82 bits per heavy atom. The summed E-state index contributed by atoms with van der Waals surface area (Å²) in [7, 11) is 0. The molecule has 1 aliphatic heterocycles. The number of amides is 2. The lowest BCUT2D eigenvalue weighted by Crippen LogP contribution is -2.44. The first-order chi connectivity index (χ1) is 16.3. The van der Waals surface area contributed by atoms with Crippen LogP contribution >= 0.6 is 0 Å². The number of ether oxygens (including phenoxy) is 2. The maximum Gasteiger partial charge on any atom is 0.408 e. The number of nitrogens with one attached hydrogen (secondary N) is 3. The molecule has 2 heterocycles. The van der Waals surface area contributed by atoms with Crippen molar-refractivity contribution in [3.63, 3.8) is 0 Å². The van der Waals surface area contributed by atoms with E-state index >= 15 is 0 Å². The summed E-state index contributed by atoms with van der Waals surface area (Å²) in [5.74, 6) is 0.242. The highest BCUT2D eigenvalue weighted by atomic mass is 16.6. The second-order valence-corrected chi connectivity index (χ2v) is 9.19. The van der Waals surface area contributed by atoms with Crippen LogP contribution < -0.4 is 16.0 Å². The summed E-state index contributed by atoms with van der Waals surface area (Å²) in [4.78, 5) is 39.0. The van der Waals surface area contributed by atoms with Crippen LogP contribution in [0.5, 0.6) is 0 Å². The predicted molar refractivity (Wildman–Crippen MR) is 126 cm³/mol. The molecule has 2 amide bonds. The Bertz CT molecular complexity index is 858. The van der Waals surface area contributed by atoms with Crippen LogP contribution in [-0.4, -0.2) is 66.0 Å². The maximum atomic E-state index is 11.9. The summed E-state index contributed by atoms with van der Waals surface area (Å²) in [6.07, 6.45) is 5.04. The standard InChI is InChI=1S/C24H36N4O6/c1-15(14-26-16(2)29)34-24(32)28-21(23(30)31)9-11-33-20-12-17(13-20)5-7-19-8-6-18-4-3-10-25-22(18)27-19/h6,8,15,17,20-21H,3-5,7,9-14H2,1-2H3,(H,25,27)(H,26,29)(H,28,32)(H,30,31)/t15-,17?,20?,21?/m0/s1. The third kappa shape index (κ3) is 8.16. The molecule has 0 radical (unpaired) electrons. The van der Waals surface area contributed by atoms with Crippen molar-refractivity contribution in [1.29, 1.82) is 0 Å². The number of fused-ring (bicyclic) bond motifs is 1. The molecule has 2 aliphatic rings. The molecule has 34 heavy (non-hydrogen) atoms. The number of carbonyl (C=O) groups excluding carboxylic acids is 2. The quantitative estimate of drug-likeness (QED) is 0.360. The van der Waals surface area contributed by atoms with Crippen LogP contribution in [0.1, 0.15) is 57.2 Å². The van der Waals surface area contributed by atoms with E-state index in [0.29, 0.717) is 5.92 Å². The van der Waals surface area contributed by atoms with Gasteiger partial charge in [-0.25, -0.2) is 14.6 Å². The lowest BCUT2D eigenvalue weighted by molar-refractivity contribution is -0.140. The molecule has 0 spiro atoms. The van der Waals surface area contributed by atoms with Gasteiger partial charge < -0.3 is 30.5 Å². The number of hydrogen-bond acceptors (Lipinski definition) is 7. The zero-order valence-electron chi connectivity index (χ0n) is 20.0. The van der Waals surface area contributed by atoms with E-state index < -0.39 is 24.2 Å². The van der Waals surface area contributed by atoms with Gasteiger partial charge in [0, 0.05) is 32.2 Å². The number of aromatic nitrogens is 1. The maximum absolute atomic E-state index is 11.9. The first kappa shape index (κ1) is 25.7. The third-order valence-electron chi connectivity index (χ3n) is 6.25. The average molecular weight is 477 g/mol. The number of carboxylic acids is 1. The number of anilines is 1. The van der Waals surface area contributed by atoms with E-state index in [-0.39, 0.29) is 31.6 Å². The van der Waals surface area contributed by atoms with Crippen molar-refractivity contribution in [2.75, 3.05) is 25.0 Å². The molecule has 1 saturated carbocycles. The van der Waals surface area contributed by atoms with Crippen molar-refractivity contribution in [3.05, 3.63) is 23.4 Å². The van der Waals surface area contributed by atoms with E-state index in [0.717, 1.165) is 56.6 Å². The molecule has 3 rings (SSSR count). The molecule has 2 atom stereocenters. The summed E-state index contributed by atoms with van der Waals surface area (Å²) >= 11 is 0. The van der Waals surface area contributed by atoms with Crippen LogP contribution in [0.3, 0.4) is 0 Å². The van der Waals surface area contributed by atoms with Gasteiger partial charge >= 0.3 is 12.1 Å². The zero-order valence-corrected chi connectivity index (χ0v) is 20.0. The van der Waals surface area contributed by atoms with Crippen molar-refractivity contribution in [2.45, 2.75) is 77.0 Å². The first-order valence-corrected chi connectivity index (χ1v) is 12.1. The molecule has 0 saturated heterocycles. The summed E-state index contributed by atoms with van der Waals surface area (Å²) in [6, 6.07) is 3.21. The van der Waals surface area contributed by atoms with Gasteiger partial charge in [-0.3, -0.25) is 4.79 Å². The van der Waals surface area contributed by atoms with Gasteiger partial charge in [-0.1, -0.05) is 6.07 Å². The summed E-state index contributed by atoms with van der Waals surface area (Å²) in [5.41, 5.74) is 2.42. The van der Waals surface area contributed by atoms with E-state index in [1.54, 1.807) is 6.92 Å². The number of carbonyl (C=O) groups is 3. The minimum absolute atomic E-state index is 0.127. The third-order valence-corrected chi connectivity index (χ3v) is 6.25. The minimum atomic E-state index is -1.14. The van der Waals surface area contributed by atoms with Gasteiger partial charge in [-0.05, 0) is 63.0 Å². The Kier molecular flexibility index (Phi) is 9.50. The van der Waals surface area contributed by atoms with Crippen LogP contribution in [0.25, 0.3) is 0 Å². The number of nitrogens with zero attached hydrogens (tertiary/aromatic N) is 1. The van der Waals surface area contributed by atoms with E-state index in [9.17, 15) is 19.5 Å². The number of hydrogen-bond donors (Lipinski definition) is 4. The fourth-order valence-corrected chi connectivity index (χ4v) is 4.20. The van der Waals surface area contributed by atoms with E-state index in [1.165, 1.54) is 12.5 Å². The molecule has 1 aromatic rings. The summed E-state index contributed by atoms with van der Waals surface area (Å²) in [6.45, 7) is 4.36. The van der Waals surface area contributed by atoms with Crippen molar-refractivity contribution in [2.24, 2.45) is 5.92 Å². The number of carboxylic acid groups (broad SMARTS) is 1. The normalized spacial score (nSPS) is 20.6. The molecule has 1 unspecified atom stereocenters. The lowest BCUT2D eigenvalue weighted by Gasteiger charge is -2.35. The molecule has 188 valence electrons. The monoisotopic (exact) mass is 476 g/mol. The predicted octanol–water partition coefficient (Wildman–Crippen LogP) is 2.26. The van der Waals surface area contributed by atoms with Gasteiger partial charge in [0.05, 0.1) is 12.6 Å². The average Bonchev–Trinajstić information content (AvgIpc) is 2.77. The van der Waals surface area contributed by atoms with Crippen LogP contribution in [0, 0.1) is 5.92 Å². The van der Waals surface area contributed by atoms with E-state index in [2.05, 4.69) is 28.1 Å². The molecule has 10 heteroatoms. The molecular weight excluding hydrogens is 440 g/mol. The van der Waals surface area contributed by atoms with Crippen molar-refractivity contribution >= 4 is 23.8 Å². The molecule has 4 N–H and O–H groups in total. The summed E-state index contributed by atoms with van der Waals surface area (Å²) < 4.78 is 10.9. The number of pyridine rings is 1. The topological polar surface area (TPSA) is 139 Å². The Morgan fingerprint density at radius 2 is 2.09 bits per heavy atom. The molecule has 0 aromatic carbocycles. The van der Waals surface area contributed by atoms with Crippen molar-refractivity contribution in [1.82, 2.24) is 15.6 Å². The highest BCUT2D eigenvalue weighted by molar-refractivity contribution is 5.80. The molecule has 1 fully saturated rings. The van der Waals surface area contributed by atoms with Gasteiger partial charge in [-0.2, -0.15) is 0 Å². The number of aliphatic carboxylic acids is 1. The van der Waals surface area contributed by atoms with Crippen LogP contribution in [0.2, 0.25) is 0 Å². The summed E-state index contributed by atoms with van der Waals surface area (Å²) in [5, 5.41) is 17.6. The minimum Gasteiger partial charge on any atom is -0.480 e. The van der Waals surface area contributed by atoms with E-state index in [1.807, 2.05) is 0 Å². The molecule has 1 aromatic heterocycles. The molecule has 1 aliphatic carbocycles. The second kappa shape index (κ2) is 12.5. The SMILES string of the molecule is CC(=O)NC[C@H](C)OC(=O)NC(CCOC1CC(CCc2ccc3c(n2)NCCC3)C1)C(=O)O. The number of aryl methyl sites for hydroxylation is 2. The second-order valence-electron chi connectivity index (χ2n) is 9.19. The Hall–Kier alpha value is -2.88. The fraction of sp³-hybridized carbons (Fsp3) is 0.667. The van der Waals surface area contributed by atoms with E-state index in [4.69, 9.17) is 14.5 Å². The smallest absolute Gasteiger partial charge is 0.408 e. The van der Waals surface area contributed by atoms with Gasteiger partial charge in [0.25, 0.3) is 0 Å². The van der Waals surface area contributed by atoms with Crippen LogP contribution in [0.15, 0.2) is 12.1 Å². The highest BCUT2D eigenvalue weighted by Gasteiger charge is 2.30. The number of rotatable bonds is 12. The Labute approximate surface area is 200 Å². The van der Waals surface area contributed by atoms with Gasteiger partial charge in [0.1, 0.15) is 18.0 Å². The van der Waals surface area contributed by atoms with Gasteiger partial charge in [-0.15, -0.1) is 0 Å². The molecule has 10 nitrogen and oxygen atoms in total. The fourth-order valence-electron chi connectivity index (χ4n) is 4.20.